The molecule has 0 spiro atoms. The lowest BCUT2D eigenvalue weighted by Crippen LogP contribution is -2.24. The van der Waals surface area contributed by atoms with Crippen LogP contribution in [-0.4, -0.2) is 17.9 Å². The number of rotatable bonds is 2. The number of benzene rings is 1. The molecule has 0 amide bonds. The molecular formula is C14H10O3. The van der Waals surface area contributed by atoms with Crippen LogP contribution in [0, 0.1) is 5.92 Å². The number of aldehydes is 1. The first-order valence-corrected chi connectivity index (χ1v) is 5.20. The zero-order chi connectivity index (χ0) is 12.3. The minimum atomic E-state index is -0.965. The standard InChI is InChI=1S/C14H10O3/c15-9-12-11(13(16)6-7-14(12)17)8-10-4-2-1-3-5-10/h1-9,12H. The molecule has 84 valence electrons. The van der Waals surface area contributed by atoms with E-state index < -0.39 is 5.92 Å². The summed E-state index contributed by atoms with van der Waals surface area (Å²) >= 11 is 0. The molecule has 1 atom stereocenters. The average molecular weight is 226 g/mol. The minimum Gasteiger partial charge on any atom is -0.302 e. The highest BCUT2D eigenvalue weighted by Crippen LogP contribution is 2.20. The van der Waals surface area contributed by atoms with Crippen LogP contribution in [0.25, 0.3) is 6.08 Å². The molecule has 0 radical (unpaired) electrons. The zero-order valence-electron chi connectivity index (χ0n) is 9.00. The van der Waals surface area contributed by atoms with Crippen LogP contribution in [0.1, 0.15) is 5.56 Å². The maximum Gasteiger partial charge on any atom is 0.183 e. The van der Waals surface area contributed by atoms with Crippen LogP contribution in [0.15, 0.2) is 48.1 Å². The van der Waals surface area contributed by atoms with Gasteiger partial charge in [0.1, 0.15) is 12.2 Å². The van der Waals surface area contributed by atoms with Gasteiger partial charge < -0.3 is 4.79 Å². The van der Waals surface area contributed by atoms with Crippen LogP contribution in [0.5, 0.6) is 0 Å². The molecule has 0 N–H and O–H groups in total. The normalized spacial score (nSPS) is 21.9. The molecule has 0 aromatic heterocycles. The number of hydrogen-bond donors (Lipinski definition) is 0. The minimum absolute atomic E-state index is 0.235. The van der Waals surface area contributed by atoms with Gasteiger partial charge >= 0.3 is 0 Å². The van der Waals surface area contributed by atoms with Gasteiger partial charge in [-0.3, -0.25) is 9.59 Å². The third-order valence-electron chi connectivity index (χ3n) is 2.58. The van der Waals surface area contributed by atoms with Crippen molar-refractivity contribution in [2.45, 2.75) is 0 Å². The van der Waals surface area contributed by atoms with Crippen molar-refractivity contribution < 1.29 is 14.4 Å². The van der Waals surface area contributed by atoms with E-state index in [1.807, 2.05) is 30.3 Å². The van der Waals surface area contributed by atoms with Crippen LogP contribution in [0.2, 0.25) is 0 Å². The van der Waals surface area contributed by atoms with E-state index in [0.717, 1.165) is 11.6 Å². The summed E-state index contributed by atoms with van der Waals surface area (Å²) in [5.74, 6) is -1.60. The van der Waals surface area contributed by atoms with E-state index in [9.17, 15) is 14.4 Å². The van der Waals surface area contributed by atoms with E-state index in [4.69, 9.17) is 0 Å². The first-order valence-electron chi connectivity index (χ1n) is 5.20. The van der Waals surface area contributed by atoms with Gasteiger partial charge in [0, 0.05) is 5.57 Å². The average Bonchev–Trinajstić information content (AvgIpc) is 2.35. The lowest BCUT2D eigenvalue weighted by molar-refractivity contribution is -0.125. The number of carbonyl (C=O) groups is 3. The Morgan fingerprint density at radius 2 is 1.71 bits per heavy atom. The molecule has 0 saturated carbocycles. The number of allylic oxidation sites excluding steroid dienone is 3. The molecule has 0 heterocycles. The molecule has 3 nitrogen and oxygen atoms in total. The Balaban J connectivity index is 2.45. The monoisotopic (exact) mass is 226 g/mol. The van der Waals surface area contributed by atoms with Crippen LogP contribution >= 0.6 is 0 Å². The summed E-state index contributed by atoms with van der Waals surface area (Å²) in [6.45, 7) is 0. The van der Waals surface area contributed by atoms with Gasteiger partial charge in [-0.05, 0) is 23.8 Å². The third kappa shape index (κ3) is 2.28. The van der Waals surface area contributed by atoms with Crippen molar-refractivity contribution in [2.75, 3.05) is 0 Å². The van der Waals surface area contributed by atoms with Crippen LogP contribution in [-0.2, 0) is 14.4 Å². The van der Waals surface area contributed by atoms with Crippen LogP contribution < -0.4 is 0 Å². The molecule has 1 aliphatic carbocycles. The fraction of sp³-hybridized carbons (Fsp3) is 0.0714. The van der Waals surface area contributed by atoms with Gasteiger partial charge in [-0.2, -0.15) is 0 Å². The maximum atomic E-state index is 11.6. The quantitative estimate of drug-likeness (QED) is 0.437. The van der Waals surface area contributed by atoms with Gasteiger partial charge in [-0.1, -0.05) is 30.3 Å². The molecule has 0 aliphatic heterocycles. The molecule has 1 aromatic carbocycles. The highest BCUT2D eigenvalue weighted by atomic mass is 16.1. The Labute approximate surface area is 98.5 Å². The van der Waals surface area contributed by atoms with E-state index in [2.05, 4.69) is 0 Å². The third-order valence-corrected chi connectivity index (χ3v) is 2.58. The molecule has 0 fully saturated rings. The fourth-order valence-electron chi connectivity index (χ4n) is 1.69. The van der Waals surface area contributed by atoms with Crippen molar-refractivity contribution in [3.05, 3.63) is 53.6 Å². The summed E-state index contributed by atoms with van der Waals surface area (Å²) in [5.41, 5.74) is 1.03. The predicted octanol–water partition coefficient (Wildman–Crippen LogP) is 1.59. The Hall–Kier alpha value is -2.29. The maximum absolute atomic E-state index is 11.6. The molecule has 2 rings (SSSR count). The van der Waals surface area contributed by atoms with E-state index in [-0.39, 0.29) is 17.1 Å². The SMILES string of the molecule is O=CC1C(=O)C=CC(=O)C1=Cc1ccccc1. The van der Waals surface area contributed by atoms with Crippen LogP contribution in [0.4, 0.5) is 0 Å². The van der Waals surface area contributed by atoms with Crippen molar-refractivity contribution in [1.29, 1.82) is 0 Å². The molecular weight excluding hydrogens is 216 g/mol. The largest absolute Gasteiger partial charge is 0.302 e. The number of carbonyl (C=O) groups excluding carboxylic acids is 3. The summed E-state index contributed by atoms with van der Waals surface area (Å²) in [7, 11) is 0. The molecule has 1 aromatic rings. The molecule has 0 saturated heterocycles. The summed E-state index contributed by atoms with van der Waals surface area (Å²) in [5, 5.41) is 0. The predicted molar refractivity (Wildman–Crippen MR) is 63.1 cm³/mol. The molecule has 3 heteroatoms. The first-order chi connectivity index (χ1) is 8.22. The smallest absolute Gasteiger partial charge is 0.183 e. The summed E-state index contributed by atoms with van der Waals surface area (Å²) < 4.78 is 0. The summed E-state index contributed by atoms with van der Waals surface area (Å²) in [4.78, 5) is 34.0. The molecule has 17 heavy (non-hydrogen) atoms. The van der Waals surface area contributed by atoms with Crippen molar-refractivity contribution in [3.63, 3.8) is 0 Å². The summed E-state index contributed by atoms with van der Waals surface area (Å²) in [6.07, 6.45) is 4.46. The lowest BCUT2D eigenvalue weighted by Gasteiger charge is -2.13. The molecule has 0 bridgehead atoms. The number of hydrogen-bond acceptors (Lipinski definition) is 3. The summed E-state index contributed by atoms with van der Waals surface area (Å²) in [6, 6.07) is 9.13. The van der Waals surface area contributed by atoms with Crippen LogP contribution in [0.3, 0.4) is 0 Å². The van der Waals surface area contributed by atoms with E-state index in [1.54, 1.807) is 6.08 Å². The van der Waals surface area contributed by atoms with Crippen molar-refractivity contribution in [2.24, 2.45) is 5.92 Å². The second-order valence-electron chi connectivity index (χ2n) is 3.72. The van der Waals surface area contributed by atoms with Gasteiger partial charge in [-0.15, -0.1) is 0 Å². The Morgan fingerprint density at radius 1 is 1.00 bits per heavy atom. The Bertz CT molecular complexity index is 524. The highest BCUT2D eigenvalue weighted by molar-refractivity contribution is 6.22. The van der Waals surface area contributed by atoms with Crippen molar-refractivity contribution in [1.82, 2.24) is 0 Å². The lowest BCUT2D eigenvalue weighted by atomic mass is 9.86. The topological polar surface area (TPSA) is 51.2 Å². The van der Waals surface area contributed by atoms with Gasteiger partial charge in [0.2, 0.25) is 0 Å². The second kappa shape index (κ2) is 4.70. The van der Waals surface area contributed by atoms with Gasteiger partial charge in [0.05, 0.1) is 0 Å². The molecule has 1 aliphatic rings. The second-order valence-corrected chi connectivity index (χ2v) is 3.72. The van der Waals surface area contributed by atoms with E-state index >= 15 is 0 Å². The van der Waals surface area contributed by atoms with E-state index in [0.29, 0.717) is 6.29 Å². The van der Waals surface area contributed by atoms with E-state index in [1.165, 1.54) is 6.08 Å². The number of ketones is 2. The Morgan fingerprint density at radius 3 is 2.35 bits per heavy atom. The van der Waals surface area contributed by atoms with Crippen molar-refractivity contribution >= 4 is 23.9 Å². The van der Waals surface area contributed by atoms with Gasteiger partial charge in [0.15, 0.2) is 11.6 Å². The highest BCUT2D eigenvalue weighted by Gasteiger charge is 2.28. The fourth-order valence-corrected chi connectivity index (χ4v) is 1.69. The van der Waals surface area contributed by atoms with Crippen molar-refractivity contribution in [3.8, 4) is 0 Å². The Kier molecular flexibility index (Phi) is 3.10. The molecule has 1 unspecified atom stereocenters. The first kappa shape index (κ1) is 11.2. The van der Waals surface area contributed by atoms with Gasteiger partial charge in [0.25, 0.3) is 0 Å². The van der Waals surface area contributed by atoms with Gasteiger partial charge in [-0.25, -0.2) is 0 Å². The zero-order valence-corrected chi connectivity index (χ0v) is 9.00.